The topological polar surface area (TPSA) is 102 Å². The number of non-ortho nitro benzene ring substituents is 1. The smallest absolute Gasteiger partial charge is 0.270 e. The molecule has 2 heterocycles. The van der Waals surface area contributed by atoms with Crippen LogP contribution in [0.25, 0.3) is 0 Å². The standard InChI is InChI=1S/C17H20N2O6/c1-4-24-11-8-14(20)18(9-11)15-12-7-10(19(22)23)5-6-13(12)25-17(2,3)16(15)21/h5-8,15-16,21H,4,9H2,1-3H3. The lowest BCUT2D eigenvalue weighted by molar-refractivity contribution is -0.385. The number of aliphatic hydroxyl groups excluding tert-OH is 1. The van der Waals surface area contributed by atoms with E-state index in [4.69, 9.17) is 9.47 Å². The summed E-state index contributed by atoms with van der Waals surface area (Å²) in [4.78, 5) is 24.5. The fourth-order valence-electron chi connectivity index (χ4n) is 3.23. The molecule has 1 aromatic carbocycles. The second-order valence-electron chi connectivity index (χ2n) is 6.58. The van der Waals surface area contributed by atoms with Crippen molar-refractivity contribution in [2.75, 3.05) is 13.2 Å². The molecule has 0 radical (unpaired) electrons. The maximum atomic E-state index is 12.4. The van der Waals surface area contributed by atoms with Gasteiger partial charge in [0.1, 0.15) is 23.2 Å². The third-order valence-corrected chi connectivity index (χ3v) is 4.47. The zero-order chi connectivity index (χ0) is 18.4. The molecule has 1 aromatic rings. The monoisotopic (exact) mass is 348 g/mol. The summed E-state index contributed by atoms with van der Waals surface area (Å²) in [6, 6.07) is 3.44. The van der Waals surface area contributed by atoms with Gasteiger partial charge in [0.05, 0.1) is 24.1 Å². The predicted molar refractivity (Wildman–Crippen MR) is 88.0 cm³/mol. The lowest BCUT2D eigenvalue weighted by atomic mass is 9.85. The number of nitro benzene ring substituents is 1. The molecule has 2 aliphatic rings. The average molecular weight is 348 g/mol. The summed E-state index contributed by atoms with van der Waals surface area (Å²) in [5.74, 6) is 0.627. The van der Waals surface area contributed by atoms with Gasteiger partial charge in [-0.3, -0.25) is 14.9 Å². The van der Waals surface area contributed by atoms with Gasteiger partial charge in [0.15, 0.2) is 0 Å². The Morgan fingerprint density at radius 3 is 2.84 bits per heavy atom. The van der Waals surface area contributed by atoms with E-state index in [1.807, 2.05) is 6.92 Å². The largest absolute Gasteiger partial charge is 0.496 e. The number of amides is 1. The van der Waals surface area contributed by atoms with Crippen molar-refractivity contribution >= 4 is 11.6 Å². The number of aliphatic hydroxyl groups is 1. The minimum atomic E-state index is -1.06. The number of hydrogen-bond acceptors (Lipinski definition) is 6. The van der Waals surface area contributed by atoms with E-state index in [0.717, 1.165) is 0 Å². The molecule has 0 saturated carbocycles. The minimum absolute atomic E-state index is 0.121. The number of fused-ring (bicyclic) bond motifs is 1. The Morgan fingerprint density at radius 1 is 1.48 bits per heavy atom. The number of nitrogens with zero attached hydrogens (tertiary/aromatic N) is 2. The number of benzene rings is 1. The first-order valence-electron chi connectivity index (χ1n) is 8.04. The minimum Gasteiger partial charge on any atom is -0.496 e. The molecule has 0 spiro atoms. The molecule has 2 atom stereocenters. The molecule has 3 rings (SSSR count). The highest BCUT2D eigenvalue weighted by molar-refractivity contribution is 5.91. The molecule has 8 nitrogen and oxygen atoms in total. The van der Waals surface area contributed by atoms with Crippen LogP contribution in [0.2, 0.25) is 0 Å². The highest BCUT2D eigenvalue weighted by atomic mass is 16.6. The van der Waals surface area contributed by atoms with Gasteiger partial charge in [0, 0.05) is 23.8 Å². The van der Waals surface area contributed by atoms with Crippen LogP contribution < -0.4 is 4.74 Å². The van der Waals surface area contributed by atoms with E-state index in [9.17, 15) is 20.0 Å². The lowest BCUT2D eigenvalue weighted by Crippen LogP contribution is -2.54. The van der Waals surface area contributed by atoms with Crippen molar-refractivity contribution in [3.05, 3.63) is 45.7 Å². The van der Waals surface area contributed by atoms with Gasteiger partial charge >= 0.3 is 0 Å². The quantitative estimate of drug-likeness (QED) is 0.659. The van der Waals surface area contributed by atoms with Crippen molar-refractivity contribution in [1.29, 1.82) is 0 Å². The summed E-state index contributed by atoms with van der Waals surface area (Å²) < 4.78 is 11.2. The summed E-state index contributed by atoms with van der Waals surface area (Å²) >= 11 is 0. The molecule has 8 heteroatoms. The Bertz CT molecular complexity index is 758. The van der Waals surface area contributed by atoms with Crippen LogP contribution in [0.15, 0.2) is 30.0 Å². The third-order valence-electron chi connectivity index (χ3n) is 4.47. The molecule has 25 heavy (non-hydrogen) atoms. The highest BCUT2D eigenvalue weighted by Gasteiger charge is 2.48. The molecule has 0 aliphatic carbocycles. The lowest BCUT2D eigenvalue weighted by Gasteiger charge is -2.45. The van der Waals surface area contributed by atoms with E-state index in [1.165, 1.54) is 29.2 Å². The molecule has 0 saturated heterocycles. The van der Waals surface area contributed by atoms with Crippen molar-refractivity contribution in [2.24, 2.45) is 0 Å². The van der Waals surface area contributed by atoms with Crippen LogP contribution in [0.5, 0.6) is 5.75 Å². The molecule has 0 aromatic heterocycles. The van der Waals surface area contributed by atoms with E-state index in [1.54, 1.807) is 13.8 Å². The third kappa shape index (κ3) is 2.93. The molecule has 1 N–H and O–H groups in total. The Labute approximate surface area is 144 Å². The molecule has 2 unspecified atom stereocenters. The van der Waals surface area contributed by atoms with Gasteiger partial charge in [0.2, 0.25) is 0 Å². The van der Waals surface area contributed by atoms with Gasteiger partial charge < -0.3 is 19.5 Å². The molecule has 1 amide bonds. The van der Waals surface area contributed by atoms with Crippen LogP contribution in [0, 0.1) is 10.1 Å². The van der Waals surface area contributed by atoms with Crippen LogP contribution in [0.3, 0.4) is 0 Å². The van der Waals surface area contributed by atoms with Gasteiger partial charge in [-0.15, -0.1) is 0 Å². The van der Waals surface area contributed by atoms with Gasteiger partial charge in [-0.1, -0.05) is 0 Å². The second kappa shape index (κ2) is 6.03. The van der Waals surface area contributed by atoms with E-state index in [0.29, 0.717) is 23.7 Å². The Kier molecular flexibility index (Phi) is 4.16. The fraction of sp³-hybridized carbons (Fsp3) is 0.471. The van der Waals surface area contributed by atoms with Gasteiger partial charge in [0.25, 0.3) is 11.6 Å². The zero-order valence-corrected chi connectivity index (χ0v) is 14.3. The number of hydrogen-bond donors (Lipinski definition) is 1. The first-order valence-corrected chi connectivity index (χ1v) is 8.04. The van der Waals surface area contributed by atoms with Crippen LogP contribution in [0.1, 0.15) is 32.4 Å². The molecule has 0 bridgehead atoms. The maximum Gasteiger partial charge on any atom is 0.270 e. The predicted octanol–water partition coefficient (Wildman–Crippen LogP) is 1.93. The van der Waals surface area contributed by atoms with Crippen molar-refractivity contribution in [3.63, 3.8) is 0 Å². The van der Waals surface area contributed by atoms with Gasteiger partial charge in [-0.05, 0) is 26.8 Å². The fourth-order valence-corrected chi connectivity index (χ4v) is 3.23. The normalized spacial score (nSPS) is 24.4. The zero-order valence-electron chi connectivity index (χ0n) is 14.3. The molecular formula is C17H20N2O6. The SMILES string of the molecule is CCOC1=CC(=O)N(C2c3cc([N+](=O)[O-])ccc3OC(C)(C)C2O)C1. The van der Waals surface area contributed by atoms with Crippen molar-refractivity contribution < 1.29 is 24.3 Å². The summed E-state index contributed by atoms with van der Waals surface area (Å²) in [6.07, 6.45) is 0.329. The summed E-state index contributed by atoms with van der Waals surface area (Å²) in [5, 5.41) is 21.9. The number of carbonyl (C=O) groups is 1. The van der Waals surface area contributed by atoms with Crippen molar-refractivity contribution in [3.8, 4) is 5.75 Å². The highest BCUT2D eigenvalue weighted by Crippen LogP contribution is 2.45. The summed E-state index contributed by atoms with van der Waals surface area (Å²) in [7, 11) is 0. The average Bonchev–Trinajstić information content (AvgIpc) is 2.88. The maximum absolute atomic E-state index is 12.4. The number of carbonyl (C=O) groups excluding carboxylic acids is 1. The van der Waals surface area contributed by atoms with Gasteiger partial charge in [-0.2, -0.15) is 0 Å². The number of ether oxygens (including phenoxy) is 2. The number of nitro groups is 1. The van der Waals surface area contributed by atoms with Crippen molar-refractivity contribution in [2.45, 2.75) is 38.5 Å². The summed E-state index contributed by atoms with van der Waals surface area (Å²) in [6.45, 7) is 5.88. The van der Waals surface area contributed by atoms with E-state index in [-0.39, 0.29) is 18.1 Å². The van der Waals surface area contributed by atoms with Crippen LogP contribution >= 0.6 is 0 Å². The van der Waals surface area contributed by atoms with Gasteiger partial charge in [-0.25, -0.2) is 0 Å². The summed E-state index contributed by atoms with van der Waals surface area (Å²) in [5.41, 5.74) is -0.660. The molecule has 2 aliphatic heterocycles. The second-order valence-corrected chi connectivity index (χ2v) is 6.58. The van der Waals surface area contributed by atoms with Crippen LogP contribution in [0.4, 0.5) is 5.69 Å². The Balaban J connectivity index is 2.05. The van der Waals surface area contributed by atoms with Crippen LogP contribution in [-0.2, 0) is 9.53 Å². The Morgan fingerprint density at radius 2 is 2.20 bits per heavy atom. The first-order chi connectivity index (χ1) is 11.7. The number of rotatable bonds is 4. The van der Waals surface area contributed by atoms with Crippen molar-refractivity contribution in [1.82, 2.24) is 4.90 Å². The van der Waals surface area contributed by atoms with E-state index < -0.39 is 22.7 Å². The van der Waals surface area contributed by atoms with Crippen LogP contribution in [-0.4, -0.2) is 45.7 Å². The molecule has 134 valence electrons. The first kappa shape index (κ1) is 17.2. The Hall–Kier alpha value is -2.61. The molecule has 0 fully saturated rings. The molecular weight excluding hydrogens is 328 g/mol. The van der Waals surface area contributed by atoms with E-state index >= 15 is 0 Å². The van der Waals surface area contributed by atoms with E-state index in [2.05, 4.69) is 0 Å².